The maximum Gasteiger partial charge on any atom is 0.131 e. The zero-order chi connectivity index (χ0) is 22.1. The van der Waals surface area contributed by atoms with Crippen molar-refractivity contribution in [1.29, 1.82) is 0 Å². The van der Waals surface area contributed by atoms with Gasteiger partial charge in [0.05, 0.1) is 0 Å². The van der Waals surface area contributed by atoms with E-state index in [0.717, 1.165) is 29.6 Å². The Morgan fingerprint density at radius 2 is 1.58 bits per heavy atom. The molecular weight excluding hydrogens is 444 g/mol. The summed E-state index contributed by atoms with van der Waals surface area (Å²) in [6, 6.07) is 6.70. The molecule has 0 bridgehead atoms. The predicted molar refractivity (Wildman–Crippen MR) is 136 cm³/mol. The van der Waals surface area contributed by atoms with Crippen LogP contribution in [0.3, 0.4) is 0 Å². The zero-order valence-electron chi connectivity index (χ0n) is 19.9. The van der Waals surface area contributed by atoms with E-state index in [1.54, 1.807) is 0 Å². The van der Waals surface area contributed by atoms with Gasteiger partial charge in [-0.25, -0.2) is 9.97 Å². The van der Waals surface area contributed by atoms with Gasteiger partial charge in [0.25, 0.3) is 0 Å². The molecule has 0 saturated heterocycles. The Morgan fingerprint density at radius 3 is 2.23 bits per heavy atom. The molecule has 0 N–H and O–H groups in total. The van der Waals surface area contributed by atoms with Crippen molar-refractivity contribution < 1.29 is 0 Å². The van der Waals surface area contributed by atoms with E-state index in [1.807, 2.05) is 12.4 Å². The van der Waals surface area contributed by atoms with Gasteiger partial charge in [-0.3, -0.25) is 0 Å². The molecule has 2 aromatic rings. The van der Waals surface area contributed by atoms with E-state index in [0.29, 0.717) is 5.92 Å². The summed E-state index contributed by atoms with van der Waals surface area (Å²) in [4.78, 5) is 9.59. The molecule has 31 heavy (non-hydrogen) atoms. The van der Waals surface area contributed by atoms with Crippen molar-refractivity contribution in [2.45, 2.75) is 104 Å². The van der Waals surface area contributed by atoms with Crippen LogP contribution in [-0.4, -0.2) is 9.97 Å². The van der Waals surface area contributed by atoms with Crippen LogP contribution >= 0.6 is 15.9 Å². The van der Waals surface area contributed by atoms with Gasteiger partial charge in [-0.05, 0) is 54.7 Å². The average Bonchev–Trinajstić information content (AvgIpc) is 2.80. The first-order chi connectivity index (χ1) is 15.1. The summed E-state index contributed by atoms with van der Waals surface area (Å²) in [6.07, 6.45) is 20.1. The summed E-state index contributed by atoms with van der Waals surface area (Å²) in [5, 5.41) is 0. The molecule has 2 nitrogen and oxygen atoms in total. The van der Waals surface area contributed by atoms with E-state index in [1.165, 1.54) is 86.2 Å². The molecule has 1 aliphatic carbocycles. The van der Waals surface area contributed by atoms with E-state index >= 15 is 0 Å². The summed E-state index contributed by atoms with van der Waals surface area (Å²) in [7, 11) is 0. The highest BCUT2D eigenvalue weighted by molar-refractivity contribution is 9.10. The van der Waals surface area contributed by atoms with Crippen molar-refractivity contribution in [2.75, 3.05) is 0 Å². The van der Waals surface area contributed by atoms with Gasteiger partial charge in [0, 0.05) is 28.3 Å². The summed E-state index contributed by atoms with van der Waals surface area (Å²) < 4.78 is 1.20. The van der Waals surface area contributed by atoms with E-state index in [2.05, 4.69) is 54.9 Å². The number of benzene rings is 1. The number of aromatic nitrogens is 2. The quantitative estimate of drug-likeness (QED) is 0.297. The maximum absolute atomic E-state index is 4.80. The molecule has 0 spiro atoms. The van der Waals surface area contributed by atoms with Crippen LogP contribution in [0, 0.1) is 11.8 Å². The van der Waals surface area contributed by atoms with E-state index in [4.69, 9.17) is 9.97 Å². The molecule has 170 valence electrons. The van der Waals surface area contributed by atoms with Crippen LogP contribution in [0.1, 0.15) is 109 Å². The van der Waals surface area contributed by atoms with Crippen molar-refractivity contribution in [2.24, 2.45) is 11.8 Å². The lowest BCUT2D eigenvalue weighted by atomic mass is 9.74. The molecule has 0 radical (unpaired) electrons. The van der Waals surface area contributed by atoms with E-state index in [9.17, 15) is 0 Å². The fourth-order valence-corrected chi connectivity index (χ4v) is 5.67. The lowest BCUT2D eigenvalue weighted by Crippen LogP contribution is -2.20. The Hall–Kier alpha value is -1.22. The Morgan fingerprint density at radius 1 is 0.903 bits per heavy atom. The second-order valence-electron chi connectivity index (χ2n) is 9.66. The van der Waals surface area contributed by atoms with E-state index in [-0.39, 0.29) is 0 Å². The summed E-state index contributed by atoms with van der Waals surface area (Å²) >= 11 is 3.77. The summed E-state index contributed by atoms with van der Waals surface area (Å²) in [5.41, 5.74) is 3.70. The third kappa shape index (κ3) is 7.14. The molecule has 1 atom stereocenters. The highest BCUT2D eigenvalue weighted by Gasteiger charge is 2.27. The van der Waals surface area contributed by atoms with Gasteiger partial charge < -0.3 is 0 Å². The zero-order valence-corrected chi connectivity index (χ0v) is 21.5. The lowest BCUT2D eigenvalue weighted by molar-refractivity contribution is 0.232. The third-order valence-corrected chi connectivity index (χ3v) is 8.07. The standard InChI is InChI=1S/C28H41BrN2/c1-4-6-8-10-22-12-14-23(15-13-22)21(3)28-30-19-26(20-31-28)25-17-16-24(27(29)18-25)11-9-7-5-2/h16-23H,4-15H2,1-3H3. The second-order valence-corrected chi connectivity index (χ2v) is 10.5. The topological polar surface area (TPSA) is 25.8 Å². The summed E-state index contributed by atoms with van der Waals surface area (Å²) in [5.74, 6) is 3.18. The molecule has 1 aromatic carbocycles. The highest BCUT2D eigenvalue weighted by Crippen LogP contribution is 2.39. The number of nitrogens with zero attached hydrogens (tertiary/aromatic N) is 2. The van der Waals surface area contributed by atoms with Gasteiger partial charge in [-0.2, -0.15) is 0 Å². The summed E-state index contributed by atoms with van der Waals surface area (Å²) in [6.45, 7) is 6.88. The van der Waals surface area contributed by atoms with Crippen molar-refractivity contribution in [3.05, 3.63) is 46.5 Å². The minimum Gasteiger partial charge on any atom is -0.240 e. The number of unbranched alkanes of at least 4 members (excludes halogenated alkanes) is 4. The molecule has 3 rings (SSSR count). The number of hydrogen-bond acceptors (Lipinski definition) is 2. The first-order valence-electron chi connectivity index (χ1n) is 12.7. The fraction of sp³-hybridized carbons (Fsp3) is 0.643. The van der Waals surface area contributed by atoms with Gasteiger partial charge in [-0.15, -0.1) is 0 Å². The third-order valence-electron chi connectivity index (χ3n) is 7.33. The SMILES string of the molecule is CCCCCc1ccc(-c2cnc(C(C)C3CCC(CCCCC)CC3)nc2)cc1Br. The Labute approximate surface area is 198 Å². The van der Waals surface area contributed by atoms with Crippen LogP contribution in [0.25, 0.3) is 11.1 Å². The largest absolute Gasteiger partial charge is 0.240 e. The van der Waals surface area contributed by atoms with Crippen LogP contribution in [0.15, 0.2) is 35.1 Å². The van der Waals surface area contributed by atoms with Crippen LogP contribution in [-0.2, 0) is 6.42 Å². The van der Waals surface area contributed by atoms with Gasteiger partial charge in [0.15, 0.2) is 0 Å². The Balaban J connectivity index is 1.56. The Kier molecular flexibility index (Phi) is 10.0. The maximum atomic E-state index is 4.80. The minimum atomic E-state index is 0.457. The number of halogens is 1. The van der Waals surface area contributed by atoms with Crippen LogP contribution in [0.2, 0.25) is 0 Å². The number of hydrogen-bond donors (Lipinski definition) is 0. The molecule has 1 saturated carbocycles. The van der Waals surface area contributed by atoms with Gasteiger partial charge >= 0.3 is 0 Å². The minimum absolute atomic E-state index is 0.457. The molecule has 1 heterocycles. The highest BCUT2D eigenvalue weighted by atomic mass is 79.9. The van der Waals surface area contributed by atoms with Gasteiger partial charge in [-0.1, -0.05) is 100 Å². The molecule has 0 amide bonds. The van der Waals surface area contributed by atoms with Crippen molar-refractivity contribution in [3.8, 4) is 11.1 Å². The molecule has 3 heteroatoms. The number of aryl methyl sites for hydroxylation is 1. The Bertz CT molecular complexity index is 778. The van der Waals surface area contributed by atoms with Gasteiger partial charge in [0.1, 0.15) is 5.82 Å². The predicted octanol–water partition coefficient (Wildman–Crippen LogP) is 9.13. The molecular formula is C28H41BrN2. The van der Waals surface area contributed by atoms with E-state index < -0.39 is 0 Å². The van der Waals surface area contributed by atoms with Crippen molar-refractivity contribution in [1.82, 2.24) is 9.97 Å². The molecule has 1 aliphatic rings. The van der Waals surface area contributed by atoms with Crippen LogP contribution in [0.5, 0.6) is 0 Å². The lowest BCUT2D eigenvalue weighted by Gasteiger charge is -2.31. The smallest absolute Gasteiger partial charge is 0.131 e. The average molecular weight is 486 g/mol. The van der Waals surface area contributed by atoms with Crippen LogP contribution < -0.4 is 0 Å². The van der Waals surface area contributed by atoms with Gasteiger partial charge in [0.2, 0.25) is 0 Å². The first-order valence-corrected chi connectivity index (χ1v) is 13.5. The molecule has 0 aliphatic heterocycles. The molecule has 1 fully saturated rings. The molecule has 1 aromatic heterocycles. The fourth-order valence-electron chi connectivity index (χ4n) is 5.09. The first kappa shape index (κ1) is 24.4. The number of rotatable bonds is 11. The van der Waals surface area contributed by atoms with Crippen molar-refractivity contribution in [3.63, 3.8) is 0 Å². The molecule has 1 unspecified atom stereocenters. The normalized spacial score (nSPS) is 20.0. The second kappa shape index (κ2) is 12.7. The van der Waals surface area contributed by atoms with Crippen molar-refractivity contribution >= 4 is 15.9 Å². The monoisotopic (exact) mass is 484 g/mol. The van der Waals surface area contributed by atoms with Crippen LogP contribution in [0.4, 0.5) is 0 Å².